The molecule has 0 aliphatic carbocycles. The molecule has 7 nitrogen and oxygen atoms in total. The first-order valence-electron chi connectivity index (χ1n) is 8.53. The van der Waals surface area contributed by atoms with Gasteiger partial charge in [-0.05, 0) is 12.1 Å². The van der Waals surface area contributed by atoms with E-state index >= 15 is 0 Å². The highest BCUT2D eigenvalue weighted by atomic mass is 35.5. The molecule has 28 heavy (non-hydrogen) atoms. The topological polar surface area (TPSA) is 98.6 Å². The fourth-order valence-corrected chi connectivity index (χ4v) is 5.03. The molecule has 2 aliphatic heterocycles. The molecule has 0 saturated carbocycles. The average Bonchev–Trinajstić information content (AvgIpc) is 2.78. The lowest BCUT2D eigenvalue weighted by atomic mass is 10.1. The lowest BCUT2D eigenvalue weighted by Crippen LogP contribution is -2.30. The minimum atomic E-state index is -2.91. The highest BCUT2D eigenvalue weighted by Crippen LogP contribution is 2.54. The molecule has 4 rings (SSSR count). The number of hydrogen-bond acceptors (Lipinski definition) is 6. The van der Waals surface area contributed by atoms with Crippen molar-refractivity contribution in [2.24, 2.45) is 0 Å². The molecule has 0 bridgehead atoms. The minimum Gasteiger partial charge on any atom is -0.354 e. The van der Waals surface area contributed by atoms with Gasteiger partial charge in [0, 0.05) is 31.6 Å². The minimum absolute atomic E-state index is 0.00666. The molecule has 1 aromatic carbocycles. The van der Waals surface area contributed by atoms with Gasteiger partial charge in [0.05, 0.1) is 27.8 Å². The summed E-state index contributed by atoms with van der Waals surface area (Å²) >= 11 is 5.62. The molecule has 1 amide bonds. The zero-order chi connectivity index (χ0) is 20.1. The van der Waals surface area contributed by atoms with Gasteiger partial charge in [0.1, 0.15) is 17.5 Å². The van der Waals surface area contributed by atoms with E-state index in [2.05, 4.69) is 15.3 Å². The maximum absolute atomic E-state index is 14.4. The molecule has 1 aromatic heterocycles. The number of aromatic nitrogens is 2. The maximum Gasteiger partial charge on any atom is 0.221 e. The summed E-state index contributed by atoms with van der Waals surface area (Å²) in [6.45, 7) is 1.21. The molecule has 150 valence electrons. The third-order valence-corrected chi connectivity index (χ3v) is 6.45. The predicted octanol–water partition coefficient (Wildman–Crippen LogP) is 3.17. The normalized spacial score (nSPS) is 19.8. The van der Waals surface area contributed by atoms with Crippen LogP contribution in [0.2, 0.25) is 5.02 Å². The van der Waals surface area contributed by atoms with Crippen LogP contribution in [0.4, 0.5) is 14.6 Å². The number of benzene rings is 1. The van der Waals surface area contributed by atoms with Crippen LogP contribution in [0.25, 0.3) is 11.4 Å². The van der Waals surface area contributed by atoms with E-state index in [0.29, 0.717) is 36.7 Å². The van der Waals surface area contributed by atoms with E-state index in [9.17, 15) is 22.7 Å². The zero-order valence-electron chi connectivity index (χ0n) is 14.6. The average molecular weight is 431 g/mol. The Kier molecular flexibility index (Phi) is 4.90. The van der Waals surface area contributed by atoms with Gasteiger partial charge in [-0.1, -0.05) is 11.6 Å². The van der Waals surface area contributed by atoms with E-state index in [1.54, 1.807) is 0 Å². The fourth-order valence-electron chi connectivity index (χ4n) is 3.34. The first-order valence-corrected chi connectivity index (χ1v) is 10.8. The number of nitrogens with one attached hydrogen (secondary N) is 1. The molecule has 0 radical (unpaired) electrons. The smallest absolute Gasteiger partial charge is 0.221 e. The third kappa shape index (κ3) is 3.64. The molecule has 0 unspecified atom stereocenters. The van der Waals surface area contributed by atoms with E-state index in [1.165, 1.54) is 0 Å². The molecule has 0 atom stereocenters. The lowest BCUT2D eigenvalue weighted by Gasteiger charge is -2.26. The number of anilines is 1. The Morgan fingerprint density at radius 3 is 2.71 bits per heavy atom. The number of amides is 1. The van der Waals surface area contributed by atoms with Crippen molar-refractivity contribution in [3.63, 3.8) is 0 Å². The second kappa shape index (κ2) is 7.11. The van der Waals surface area contributed by atoms with Gasteiger partial charge in [-0.3, -0.25) is 13.9 Å². The van der Waals surface area contributed by atoms with Crippen LogP contribution in [0.1, 0.15) is 17.7 Å². The van der Waals surface area contributed by atoms with E-state index in [1.807, 2.05) is 4.90 Å². The van der Waals surface area contributed by atoms with Gasteiger partial charge in [0.25, 0.3) is 0 Å². The molecular formula is C17H17ClF2N4O3S. The molecule has 2 aromatic rings. The summed E-state index contributed by atoms with van der Waals surface area (Å²) in [6, 6.07) is 1.77. The standard InChI is InChI=1S/C17H17ClF2N4O3S/c18-11-6-12(19)9(5-13(11)20)16-22-14-8-28(26,27)7-10(14)17(23-16)24-3-1-15(25)21-2-4-24/h5-6,26-27H,1-4,7-8H2,(H,21,25). The number of rotatable bonds is 2. The van der Waals surface area contributed by atoms with Crippen LogP contribution in [0.5, 0.6) is 0 Å². The Morgan fingerprint density at radius 2 is 1.93 bits per heavy atom. The van der Waals surface area contributed by atoms with Gasteiger partial charge >= 0.3 is 0 Å². The summed E-state index contributed by atoms with van der Waals surface area (Å²) in [5.41, 5.74) is 0.782. The second-order valence-electron chi connectivity index (χ2n) is 6.72. The van der Waals surface area contributed by atoms with Crippen molar-refractivity contribution in [3.05, 3.63) is 40.0 Å². The maximum atomic E-state index is 14.4. The van der Waals surface area contributed by atoms with Crippen LogP contribution in [-0.4, -0.2) is 44.6 Å². The summed E-state index contributed by atoms with van der Waals surface area (Å²) in [5.74, 6) is -1.43. The van der Waals surface area contributed by atoms with Crippen LogP contribution < -0.4 is 10.2 Å². The third-order valence-electron chi connectivity index (χ3n) is 4.68. The number of carbonyl (C=O) groups excluding carboxylic acids is 1. The van der Waals surface area contributed by atoms with Gasteiger partial charge < -0.3 is 10.2 Å². The van der Waals surface area contributed by atoms with E-state index in [-0.39, 0.29) is 40.2 Å². The summed E-state index contributed by atoms with van der Waals surface area (Å²) < 4.78 is 48.7. The molecule has 2 aliphatic rings. The Hall–Kier alpha value is -2.01. The zero-order valence-corrected chi connectivity index (χ0v) is 16.2. The van der Waals surface area contributed by atoms with Crippen LogP contribution in [0.3, 0.4) is 0 Å². The van der Waals surface area contributed by atoms with Crippen LogP contribution in [0.15, 0.2) is 12.1 Å². The first kappa shape index (κ1) is 19.3. The summed E-state index contributed by atoms with van der Waals surface area (Å²) in [5, 5.41) is 2.40. The van der Waals surface area contributed by atoms with Gasteiger partial charge in [-0.2, -0.15) is 10.6 Å². The molecule has 3 heterocycles. The van der Waals surface area contributed by atoms with Crippen molar-refractivity contribution in [2.75, 3.05) is 24.5 Å². The van der Waals surface area contributed by atoms with Crippen molar-refractivity contribution in [2.45, 2.75) is 17.9 Å². The summed E-state index contributed by atoms with van der Waals surface area (Å²) in [4.78, 5) is 22.2. The predicted molar refractivity (Wildman–Crippen MR) is 102 cm³/mol. The molecular weight excluding hydrogens is 414 g/mol. The van der Waals surface area contributed by atoms with Gasteiger partial charge in [0.15, 0.2) is 5.82 Å². The Balaban J connectivity index is 1.84. The van der Waals surface area contributed by atoms with Gasteiger partial charge in [-0.25, -0.2) is 18.7 Å². The molecule has 0 spiro atoms. The second-order valence-corrected chi connectivity index (χ2v) is 9.31. The van der Waals surface area contributed by atoms with Gasteiger partial charge in [-0.15, -0.1) is 0 Å². The van der Waals surface area contributed by atoms with E-state index in [0.717, 1.165) is 12.1 Å². The van der Waals surface area contributed by atoms with Crippen molar-refractivity contribution in [1.29, 1.82) is 0 Å². The van der Waals surface area contributed by atoms with Crippen LogP contribution in [-0.2, 0) is 16.3 Å². The molecule has 11 heteroatoms. The summed E-state index contributed by atoms with van der Waals surface area (Å²) in [7, 11) is -2.91. The Morgan fingerprint density at radius 1 is 1.14 bits per heavy atom. The Bertz CT molecular complexity index is 976. The lowest BCUT2D eigenvalue weighted by molar-refractivity contribution is -0.120. The van der Waals surface area contributed by atoms with Crippen molar-refractivity contribution in [1.82, 2.24) is 15.3 Å². The van der Waals surface area contributed by atoms with Crippen LogP contribution in [0, 0.1) is 11.6 Å². The van der Waals surface area contributed by atoms with Crippen LogP contribution >= 0.6 is 22.2 Å². The Labute approximate surface area is 166 Å². The highest BCUT2D eigenvalue weighted by molar-refractivity contribution is 8.23. The largest absolute Gasteiger partial charge is 0.354 e. The SMILES string of the molecule is O=C1CCN(c2nc(-c3cc(F)c(Cl)cc3F)nc3c2CS(O)(O)C3)CCN1. The number of carbonyl (C=O) groups is 1. The number of hydrogen-bond donors (Lipinski definition) is 3. The van der Waals surface area contributed by atoms with Crippen molar-refractivity contribution < 1.29 is 22.7 Å². The quantitative estimate of drug-likeness (QED) is 0.633. The van der Waals surface area contributed by atoms with Crippen molar-refractivity contribution >= 4 is 33.9 Å². The van der Waals surface area contributed by atoms with E-state index < -0.39 is 22.2 Å². The molecule has 1 fully saturated rings. The highest BCUT2D eigenvalue weighted by Gasteiger charge is 2.33. The monoisotopic (exact) mass is 430 g/mol. The number of nitrogens with zero attached hydrogens (tertiary/aromatic N) is 3. The number of fused-ring (bicyclic) bond motifs is 1. The molecule has 3 N–H and O–H groups in total. The van der Waals surface area contributed by atoms with Crippen molar-refractivity contribution in [3.8, 4) is 11.4 Å². The van der Waals surface area contributed by atoms with E-state index in [4.69, 9.17) is 11.6 Å². The summed E-state index contributed by atoms with van der Waals surface area (Å²) in [6.07, 6.45) is 0.244. The number of halogens is 3. The van der Waals surface area contributed by atoms with Gasteiger partial charge in [0.2, 0.25) is 5.91 Å². The molecule has 1 saturated heterocycles. The first-order chi connectivity index (χ1) is 13.2. The fraction of sp³-hybridized carbons (Fsp3) is 0.353.